The van der Waals surface area contributed by atoms with Gasteiger partial charge < -0.3 is 19.3 Å². The zero-order chi connectivity index (χ0) is 76.2. The minimum atomic E-state index is -0.241. The van der Waals surface area contributed by atoms with Crippen LogP contribution >= 0.6 is 0 Å². The van der Waals surface area contributed by atoms with Gasteiger partial charge in [0.05, 0.1) is 11.0 Å². The molecule has 16 aromatic rings. The highest BCUT2D eigenvalue weighted by atomic mass is 15.2. The van der Waals surface area contributed by atoms with E-state index in [0.717, 1.165) is 107 Å². The summed E-state index contributed by atoms with van der Waals surface area (Å²) in [6.45, 7) is 28.0. The van der Waals surface area contributed by atoms with Gasteiger partial charge in [-0.1, -0.05) is 314 Å². The van der Waals surface area contributed by atoms with Crippen molar-refractivity contribution in [3.05, 3.63) is 368 Å². The predicted octanol–water partition coefficient (Wildman–Crippen LogP) is 27.5. The van der Waals surface area contributed by atoms with Crippen LogP contribution in [0.5, 0.6) is 0 Å². The van der Waals surface area contributed by atoms with Gasteiger partial charge in [0, 0.05) is 67.6 Å². The quantitative estimate of drug-likeness (QED) is 0.113. The Labute approximate surface area is 656 Å². The van der Waals surface area contributed by atoms with Gasteiger partial charge in [-0.2, -0.15) is 0 Å². The number of anilines is 9. The maximum absolute atomic E-state index is 2.67. The molecule has 0 atom stereocenters. The molecular weight excluding hydrogens is 1340 g/mol. The lowest BCUT2D eigenvalue weighted by molar-refractivity contribution is 0.568. The third kappa shape index (κ3) is 13.0. The summed E-state index contributed by atoms with van der Waals surface area (Å²) in [6.07, 6.45) is 0. The molecule has 0 unspecified atom stereocenters. The van der Waals surface area contributed by atoms with Crippen molar-refractivity contribution in [2.45, 2.75) is 105 Å². The summed E-state index contributed by atoms with van der Waals surface area (Å²) in [6, 6.07) is 131. The Balaban J connectivity index is 0.966. The Kier molecular flexibility index (Phi) is 17.3. The first-order valence-corrected chi connectivity index (χ1v) is 39.4. The van der Waals surface area contributed by atoms with Crippen molar-refractivity contribution in [1.82, 2.24) is 4.57 Å². The standard InChI is InChI=1S/C106H93BN4/c1-103(2,3)82-56-79(57-83(67-82)104(4,5)6)74-46-52-94-98(64-74)110(90-60-75(70-32-18-13-19-33-70)54-76(61-90)71-34-20-14-21-35-71)100-65-81(80-58-84(105(7,8)9)68-85(59-80)106(10,11)12)66-101-102(100)107(94)95-53-51-89(69-99(95)111(101)91-62-77(72-36-22-15-23-37-72)55-78(63-91)73-38-24-16-25-39-73)108(86-40-26-17-27-41-86)87-47-49-88(50-48-87)109-96-44-30-28-42-92(96)93-43-29-31-45-97(93)109/h13-69H,1-12H3. The molecule has 0 fully saturated rings. The van der Waals surface area contributed by atoms with Crippen molar-refractivity contribution in [2.75, 3.05) is 14.7 Å². The third-order valence-corrected chi connectivity index (χ3v) is 23.1. The molecule has 0 aliphatic carbocycles. The predicted molar refractivity (Wildman–Crippen MR) is 477 cm³/mol. The second kappa shape index (κ2) is 27.3. The zero-order valence-electron chi connectivity index (χ0n) is 65.8. The first-order chi connectivity index (χ1) is 53.5. The third-order valence-electron chi connectivity index (χ3n) is 23.1. The molecule has 0 amide bonds. The first kappa shape index (κ1) is 70.3. The number of para-hydroxylation sites is 3. The van der Waals surface area contributed by atoms with Crippen LogP contribution < -0.4 is 31.1 Å². The summed E-state index contributed by atoms with van der Waals surface area (Å²) in [5.41, 5.74) is 35.6. The van der Waals surface area contributed by atoms with E-state index in [-0.39, 0.29) is 28.4 Å². The van der Waals surface area contributed by atoms with E-state index in [9.17, 15) is 0 Å². The molecule has 2 aliphatic heterocycles. The van der Waals surface area contributed by atoms with E-state index >= 15 is 0 Å². The van der Waals surface area contributed by atoms with Gasteiger partial charge in [0.15, 0.2) is 0 Å². The van der Waals surface area contributed by atoms with Crippen LogP contribution in [0.15, 0.2) is 346 Å². The second-order valence-corrected chi connectivity index (χ2v) is 34.7. The number of fused-ring (bicyclic) bond motifs is 7. The summed E-state index contributed by atoms with van der Waals surface area (Å²) >= 11 is 0. The van der Waals surface area contributed by atoms with Gasteiger partial charge in [-0.15, -0.1) is 0 Å². The van der Waals surface area contributed by atoms with Crippen LogP contribution in [-0.4, -0.2) is 11.3 Å². The van der Waals surface area contributed by atoms with Crippen LogP contribution in [0.3, 0.4) is 0 Å². The Morgan fingerprint density at radius 2 is 0.541 bits per heavy atom. The van der Waals surface area contributed by atoms with Gasteiger partial charge in [-0.25, -0.2) is 0 Å². The van der Waals surface area contributed by atoms with Crippen molar-refractivity contribution in [3.8, 4) is 72.4 Å². The van der Waals surface area contributed by atoms with E-state index in [1.165, 1.54) is 77.1 Å². The summed E-state index contributed by atoms with van der Waals surface area (Å²) in [7, 11) is 0. The van der Waals surface area contributed by atoms with Crippen molar-refractivity contribution in [3.63, 3.8) is 0 Å². The van der Waals surface area contributed by atoms with E-state index in [2.05, 4.69) is 448 Å². The lowest BCUT2D eigenvalue weighted by Crippen LogP contribution is -2.61. The maximum Gasteiger partial charge on any atom is 0.252 e. The molecule has 4 nitrogen and oxygen atoms in total. The Morgan fingerprint density at radius 1 is 0.225 bits per heavy atom. The molecule has 0 saturated heterocycles. The van der Waals surface area contributed by atoms with Crippen LogP contribution in [-0.2, 0) is 21.7 Å². The van der Waals surface area contributed by atoms with Gasteiger partial charge in [0.2, 0.25) is 0 Å². The fourth-order valence-corrected chi connectivity index (χ4v) is 17.0. The highest BCUT2D eigenvalue weighted by Crippen LogP contribution is 2.52. The topological polar surface area (TPSA) is 14.7 Å². The van der Waals surface area contributed by atoms with Gasteiger partial charge in [-0.05, 0) is 242 Å². The highest BCUT2D eigenvalue weighted by molar-refractivity contribution is 7.00. The van der Waals surface area contributed by atoms with Crippen LogP contribution in [0, 0.1) is 0 Å². The molecule has 15 aromatic carbocycles. The van der Waals surface area contributed by atoms with E-state index in [1.807, 2.05) is 0 Å². The summed E-state index contributed by atoms with van der Waals surface area (Å²) in [5, 5.41) is 2.48. The number of benzene rings is 15. The first-order valence-electron chi connectivity index (χ1n) is 39.4. The number of aromatic nitrogens is 1. The van der Waals surface area contributed by atoms with E-state index < -0.39 is 0 Å². The molecule has 5 heteroatoms. The fourth-order valence-electron chi connectivity index (χ4n) is 17.0. The molecule has 111 heavy (non-hydrogen) atoms. The number of rotatable bonds is 12. The van der Waals surface area contributed by atoms with Gasteiger partial charge in [0.25, 0.3) is 6.71 Å². The number of hydrogen-bond acceptors (Lipinski definition) is 3. The van der Waals surface area contributed by atoms with Crippen molar-refractivity contribution >= 4 is 96.1 Å². The van der Waals surface area contributed by atoms with Crippen LogP contribution in [0.2, 0.25) is 0 Å². The minimum absolute atomic E-state index is 0.100. The van der Waals surface area contributed by atoms with Crippen LogP contribution in [0.25, 0.3) is 94.3 Å². The summed E-state index contributed by atoms with van der Waals surface area (Å²) in [4.78, 5) is 7.78. The Morgan fingerprint density at radius 3 is 0.946 bits per heavy atom. The Bertz CT molecular complexity index is 6000. The van der Waals surface area contributed by atoms with Crippen molar-refractivity contribution < 1.29 is 0 Å². The lowest BCUT2D eigenvalue weighted by Gasteiger charge is -2.45. The molecule has 3 heterocycles. The molecule has 0 N–H and O–H groups in total. The largest absolute Gasteiger partial charge is 0.311 e. The maximum atomic E-state index is 2.67. The Hall–Kier alpha value is -12.4. The zero-order valence-corrected chi connectivity index (χ0v) is 65.8. The SMILES string of the molecule is CC(C)(C)c1cc(-c2ccc3c(c2)N(c2cc(-c4ccccc4)cc(-c4ccccc4)c2)c2cc(-c4cc(C(C)(C)C)cc(C(C)(C)C)c4)cc4c2B3c2ccc(N(c3ccccc3)c3ccc(-n5c6ccccc6c6ccccc65)cc3)cc2N4c2cc(-c3ccccc3)cc(-c3ccccc3)c2)cc(C(C)(C)C)c1. The molecule has 0 saturated carbocycles. The van der Waals surface area contributed by atoms with Gasteiger partial charge in [0.1, 0.15) is 0 Å². The number of hydrogen-bond donors (Lipinski definition) is 0. The fraction of sp³-hybridized carbons (Fsp3) is 0.151. The molecule has 0 radical (unpaired) electrons. The molecule has 2 aliphatic rings. The van der Waals surface area contributed by atoms with Gasteiger partial charge in [-0.3, -0.25) is 0 Å². The summed E-state index contributed by atoms with van der Waals surface area (Å²) < 4.78 is 2.41. The van der Waals surface area contributed by atoms with E-state index in [4.69, 9.17) is 0 Å². The van der Waals surface area contributed by atoms with E-state index in [0.29, 0.717) is 0 Å². The van der Waals surface area contributed by atoms with Crippen molar-refractivity contribution in [2.24, 2.45) is 0 Å². The second-order valence-electron chi connectivity index (χ2n) is 34.7. The van der Waals surface area contributed by atoms with Crippen LogP contribution in [0.1, 0.15) is 105 Å². The monoisotopic (exact) mass is 1430 g/mol. The average molecular weight is 1430 g/mol. The smallest absolute Gasteiger partial charge is 0.252 e. The number of nitrogens with zero attached hydrogens (tertiary/aromatic N) is 4. The van der Waals surface area contributed by atoms with Crippen molar-refractivity contribution in [1.29, 1.82) is 0 Å². The molecule has 0 spiro atoms. The van der Waals surface area contributed by atoms with Crippen LogP contribution in [0.4, 0.5) is 51.2 Å². The molecular formula is C106H93BN4. The molecule has 18 rings (SSSR count). The molecule has 1 aromatic heterocycles. The summed E-state index contributed by atoms with van der Waals surface area (Å²) in [5.74, 6) is 0. The van der Waals surface area contributed by atoms with E-state index in [1.54, 1.807) is 0 Å². The highest BCUT2D eigenvalue weighted by Gasteiger charge is 2.45. The molecule has 540 valence electrons. The van der Waals surface area contributed by atoms with Gasteiger partial charge >= 0.3 is 0 Å². The lowest BCUT2D eigenvalue weighted by atomic mass is 9.33. The normalized spacial score (nSPS) is 12.8. The average Bonchev–Trinajstić information content (AvgIpc) is 1.34. The molecule has 0 bridgehead atoms. The minimum Gasteiger partial charge on any atom is -0.311 e.